The predicted octanol–water partition coefficient (Wildman–Crippen LogP) is 5.40. The molecule has 3 heterocycles. The third-order valence-electron chi connectivity index (χ3n) is 4.38. The summed E-state index contributed by atoms with van der Waals surface area (Å²) in [6.07, 6.45) is 3.42. The van der Waals surface area contributed by atoms with E-state index in [0.717, 1.165) is 11.1 Å². The Morgan fingerprint density at radius 3 is 1.52 bits per heavy atom. The molecule has 1 aliphatic heterocycles. The third kappa shape index (κ3) is 6.19. The van der Waals surface area contributed by atoms with Crippen molar-refractivity contribution in [1.29, 1.82) is 0 Å². The molecule has 0 saturated heterocycles. The van der Waals surface area contributed by atoms with E-state index in [4.69, 9.17) is 5.11 Å². The summed E-state index contributed by atoms with van der Waals surface area (Å²) in [6, 6.07) is 27.4. The van der Waals surface area contributed by atoms with Gasteiger partial charge in [-0.3, -0.25) is 9.97 Å². The number of rotatable bonds is 3. The topological polar surface area (TPSA) is 102 Å². The van der Waals surface area contributed by atoms with E-state index in [0.29, 0.717) is 28.9 Å². The largest absolute Gasteiger partial charge is 0.478 e. The number of aliphatic imine (C=N–C) groups is 2. The first-order chi connectivity index (χ1) is 15.7. The summed E-state index contributed by atoms with van der Waals surface area (Å²) in [4.78, 5) is 27.7. The van der Waals surface area contributed by atoms with E-state index in [-0.39, 0.29) is 16.8 Å². The van der Waals surface area contributed by atoms with Crippen molar-refractivity contribution >= 4 is 29.3 Å². The number of aromatic nitrogens is 2. The maximum absolute atomic E-state index is 10.2. The van der Waals surface area contributed by atoms with Crippen LogP contribution in [0.15, 0.2) is 113 Å². The fourth-order valence-corrected chi connectivity index (χ4v) is 2.90. The zero-order chi connectivity index (χ0) is 22.2. The normalized spacial score (nSPS) is 13.8. The molecule has 0 unspecified atom stereocenters. The zero-order valence-electron chi connectivity index (χ0n) is 17.2. The van der Waals surface area contributed by atoms with Crippen LogP contribution in [0.3, 0.4) is 0 Å². The third-order valence-corrected chi connectivity index (χ3v) is 4.38. The smallest absolute Gasteiger partial charge is 0.335 e. The predicted molar refractivity (Wildman–Crippen MR) is 124 cm³/mol. The molecule has 0 amide bonds. The first-order valence-electron chi connectivity index (χ1n) is 9.80. The molecule has 33 heavy (non-hydrogen) atoms. The Kier molecular flexibility index (Phi) is 8.17. The maximum Gasteiger partial charge on any atom is 0.335 e. The average Bonchev–Trinajstić information content (AvgIpc) is 3.18. The van der Waals surface area contributed by atoms with Crippen LogP contribution in [0.25, 0.3) is 5.32 Å². The number of aromatic carboxylic acids is 1. The van der Waals surface area contributed by atoms with Gasteiger partial charge in [-0.05, 0) is 47.5 Å². The standard InChI is InChI=1S/C18H12N5.C7H6O2.Co/c1-2-8-14-13(7-1)17(21-15-9-3-5-11-19-15)23-18(14)22-16-10-4-6-12-20-16;8-7(9)6-4-2-1-3-5-6;/h1-12H;1-5H,(H,8,9);/q-1;;. The monoisotopic (exact) mass is 479 g/mol. The Balaban J connectivity index is 0.000000260. The Labute approximate surface area is 201 Å². The SMILES string of the molecule is O=C(O)c1ccccc1.[Co].c1ccc(/N=C2\[N-]/C(=N\c3ccccn3)c3ccccc32)nc1. The van der Waals surface area contributed by atoms with Crippen LogP contribution in [0, 0.1) is 0 Å². The molecule has 4 aromatic rings. The molecule has 1 N–H and O–H groups in total. The van der Waals surface area contributed by atoms with E-state index in [9.17, 15) is 4.79 Å². The molecular weight excluding hydrogens is 461 g/mol. The van der Waals surface area contributed by atoms with Gasteiger partial charge in [0, 0.05) is 40.8 Å². The van der Waals surface area contributed by atoms with Crippen LogP contribution in [0.5, 0.6) is 0 Å². The summed E-state index contributed by atoms with van der Waals surface area (Å²) < 4.78 is 0. The first kappa shape index (κ1) is 23.5. The van der Waals surface area contributed by atoms with Gasteiger partial charge in [-0.15, -0.1) is 0 Å². The minimum Gasteiger partial charge on any atom is -0.478 e. The Morgan fingerprint density at radius 1 is 0.667 bits per heavy atom. The molecule has 5 rings (SSSR count). The number of carboxylic acids is 1. The van der Waals surface area contributed by atoms with Crippen LogP contribution in [-0.4, -0.2) is 32.7 Å². The molecule has 7 nitrogen and oxygen atoms in total. The number of hydrogen-bond donors (Lipinski definition) is 1. The summed E-state index contributed by atoms with van der Waals surface area (Å²) in [5.74, 6) is 1.61. The quantitative estimate of drug-likeness (QED) is 0.425. The fraction of sp³-hybridized carbons (Fsp3) is 0. The van der Waals surface area contributed by atoms with E-state index in [2.05, 4.69) is 25.3 Å². The van der Waals surface area contributed by atoms with Crippen LogP contribution in [0.1, 0.15) is 21.5 Å². The summed E-state index contributed by atoms with van der Waals surface area (Å²) in [5, 5.41) is 13.0. The van der Waals surface area contributed by atoms with Crippen molar-refractivity contribution in [2.24, 2.45) is 9.98 Å². The van der Waals surface area contributed by atoms with Gasteiger partial charge in [0.15, 0.2) is 0 Å². The zero-order valence-corrected chi connectivity index (χ0v) is 18.3. The fourth-order valence-electron chi connectivity index (χ4n) is 2.90. The van der Waals surface area contributed by atoms with Gasteiger partial charge >= 0.3 is 5.97 Å². The van der Waals surface area contributed by atoms with E-state index >= 15 is 0 Å². The Hall–Kier alpha value is -4.14. The van der Waals surface area contributed by atoms with E-state index in [1.165, 1.54) is 0 Å². The number of carbonyl (C=O) groups is 1. The van der Waals surface area contributed by atoms with Gasteiger partial charge < -0.3 is 20.4 Å². The second-order valence-corrected chi connectivity index (χ2v) is 6.58. The van der Waals surface area contributed by atoms with Crippen LogP contribution >= 0.6 is 0 Å². The van der Waals surface area contributed by atoms with Crippen molar-refractivity contribution in [1.82, 2.24) is 9.97 Å². The molecule has 165 valence electrons. The van der Waals surface area contributed by atoms with Gasteiger partial charge in [-0.25, -0.2) is 4.79 Å². The molecular formula is C25H18CoN5O2-. The number of carboxylic acid groups (broad SMARTS) is 1. The molecule has 0 atom stereocenters. The van der Waals surface area contributed by atoms with Crippen molar-refractivity contribution in [3.05, 3.63) is 125 Å². The van der Waals surface area contributed by atoms with Crippen LogP contribution in [0.2, 0.25) is 0 Å². The van der Waals surface area contributed by atoms with Crippen molar-refractivity contribution in [2.45, 2.75) is 0 Å². The number of amidine groups is 2. The molecule has 2 aromatic heterocycles. The second kappa shape index (κ2) is 11.5. The summed E-state index contributed by atoms with van der Waals surface area (Å²) in [5.41, 5.74) is 2.23. The number of nitrogens with zero attached hydrogens (tertiary/aromatic N) is 5. The van der Waals surface area contributed by atoms with Crippen LogP contribution < -0.4 is 0 Å². The van der Waals surface area contributed by atoms with Crippen LogP contribution in [0.4, 0.5) is 11.6 Å². The molecule has 0 aliphatic carbocycles. The Morgan fingerprint density at radius 2 is 1.12 bits per heavy atom. The molecule has 0 saturated carbocycles. The molecule has 0 bridgehead atoms. The number of benzene rings is 2. The summed E-state index contributed by atoms with van der Waals surface area (Å²) in [7, 11) is 0. The molecule has 0 fully saturated rings. The van der Waals surface area contributed by atoms with Gasteiger partial charge in [0.05, 0.1) is 17.2 Å². The second-order valence-electron chi connectivity index (χ2n) is 6.58. The van der Waals surface area contributed by atoms with Crippen LogP contribution in [-0.2, 0) is 16.8 Å². The van der Waals surface area contributed by atoms with Crippen molar-refractivity contribution in [3.63, 3.8) is 0 Å². The first-order valence-corrected chi connectivity index (χ1v) is 9.80. The van der Waals surface area contributed by atoms with Crippen molar-refractivity contribution < 1.29 is 26.7 Å². The Bertz CT molecular complexity index is 1190. The average molecular weight is 479 g/mol. The summed E-state index contributed by atoms with van der Waals surface area (Å²) >= 11 is 0. The van der Waals surface area contributed by atoms with Crippen molar-refractivity contribution in [3.8, 4) is 0 Å². The van der Waals surface area contributed by atoms with Gasteiger partial charge in [0.2, 0.25) is 0 Å². The van der Waals surface area contributed by atoms with E-state index < -0.39 is 5.97 Å². The number of fused-ring (bicyclic) bond motifs is 1. The minimum absolute atomic E-state index is 0. The summed E-state index contributed by atoms with van der Waals surface area (Å²) in [6.45, 7) is 0. The van der Waals surface area contributed by atoms with Gasteiger partial charge in [-0.1, -0.05) is 54.6 Å². The van der Waals surface area contributed by atoms with Crippen molar-refractivity contribution in [2.75, 3.05) is 0 Å². The van der Waals surface area contributed by atoms with Gasteiger partial charge in [-0.2, -0.15) is 0 Å². The van der Waals surface area contributed by atoms with Gasteiger partial charge in [0.25, 0.3) is 0 Å². The van der Waals surface area contributed by atoms with E-state index in [1.54, 1.807) is 42.7 Å². The molecule has 1 aliphatic rings. The molecule has 2 aromatic carbocycles. The number of pyridine rings is 2. The molecule has 8 heteroatoms. The minimum atomic E-state index is -0.879. The molecule has 0 spiro atoms. The van der Waals surface area contributed by atoms with Gasteiger partial charge in [0.1, 0.15) is 0 Å². The van der Waals surface area contributed by atoms with E-state index in [1.807, 2.05) is 60.7 Å². The maximum atomic E-state index is 10.2. The number of hydrogen-bond acceptors (Lipinski definition) is 5. The molecule has 1 radical (unpaired) electrons.